The molecule has 0 aliphatic heterocycles. The van der Waals surface area contributed by atoms with E-state index in [9.17, 15) is 4.79 Å². The SMILES string of the molecule is CCNC(=O)Nc1ncnc(N(C)C2CCC(CC)C2)c1N. The summed E-state index contributed by atoms with van der Waals surface area (Å²) in [7, 11) is 2.01. The van der Waals surface area contributed by atoms with E-state index in [0.717, 1.165) is 18.8 Å². The lowest BCUT2D eigenvalue weighted by Crippen LogP contribution is -2.32. The largest absolute Gasteiger partial charge is 0.393 e. The Hall–Kier alpha value is -2.05. The molecular formula is C15H26N6O. The van der Waals surface area contributed by atoms with Crippen molar-refractivity contribution < 1.29 is 4.79 Å². The lowest BCUT2D eigenvalue weighted by Gasteiger charge is -2.27. The van der Waals surface area contributed by atoms with E-state index in [2.05, 4.69) is 32.4 Å². The summed E-state index contributed by atoms with van der Waals surface area (Å²) in [5.41, 5.74) is 6.57. The van der Waals surface area contributed by atoms with E-state index < -0.39 is 0 Å². The van der Waals surface area contributed by atoms with Gasteiger partial charge in [0.2, 0.25) is 0 Å². The smallest absolute Gasteiger partial charge is 0.320 e. The fourth-order valence-electron chi connectivity index (χ4n) is 3.02. The molecule has 2 rings (SSSR count). The van der Waals surface area contributed by atoms with Crippen LogP contribution < -0.4 is 21.3 Å². The van der Waals surface area contributed by atoms with Crippen molar-refractivity contribution in [2.75, 3.05) is 29.5 Å². The summed E-state index contributed by atoms with van der Waals surface area (Å²) in [5.74, 6) is 1.82. The maximum Gasteiger partial charge on any atom is 0.320 e. The molecule has 2 atom stereocenters. The van der Waals surface area contributed by atoms with Crippen LogP contribution in [0.25, 0.3) is 0 Å². The second-order valence-electron chi connectivity index (χ2n) is 5.80. The Bertz CT molecular complexity index is 521. The standard InChI is InChI=1S/C15H26N6O/c1-4-10-6-7-11(8-10)21(3)14-12(16)13(18-9-19-14)20-15(22)17-5-2/h9-11H,4-8,16H2,1-3H3,(H2,17,18,19,20,22). The average Bonchev–Trinajstić information content (AvgIpc) is 2.98. The van der Waals surface area contributed by atoms with Gasteiger partial charge >= 0.3 is 6.03 Å². The number of nitrogens with one attached hydrogen (secondary N) is 2. The number of nitrogens with zero attached hydrogens (tertiary/aromatic N) is 3. The number of rotatable bonds is 5. The van der Waals surface area contributed by atoms with E-state index in [-0.39, 0.29) is 6.03 Å². The van der Waals surface area contributed by atoms with Gasteiger partial charge in [0.25, 0.3) is 0 Å². The number of aromatic nitrogens is 2. The molecule has 1 aliphatic rings. The fraction of sp³-hybridized carbons (Fsp3) is 0.667. The van der Waals surface area contributed by atoms with Gasteiger partial charge < -0.3 is 16.0 Å². The highest BCUT2D eigenvalue weighted by Crippen LogP contribution is 2.35. The number of urea groups is 1. The molecule has 1 fully saturated rings. The number of carbonyl (C=O) groups is 1. The van der Waals surface area contributed by atoms with Crippen LogP contribution in [0.1, 0.15) is 39.5 Å². The first-order chi connectivity index (χ1) is 10.6. The molecule has 7 heteroatoms. The van der Waals surface area contributed by atoms with Gasteiger partial charge in [0.1, 0.15) is 12.0 Å². The minimum absolute atomic E-state index is 0.312. The van der Waals surface area contributed by atoms with Crippen molar-refractivity contribution in [1.29, 1.82) is 0 Å². The molecule has 0 saturated heterocycles. The van der Waals surface area contributed by atoms with E-state index in [1.54, 1.807) is 0 Å². The predicted molar refractivity (Wildman–Crippen MR) is 89.0 cm³/mol. The van der Waals surface area contributed by atoms with Crippen LogP contribution in [0.2, 0.25) is 0 Å². The maximum atomic E-state index is 11.6. The number of amides is 2. The third kappa shape index (κ3) is 3.58. The van der Waals surface area contributed by atoms with Crippen LogP contribution in [0.3, 0.4) is 0 Å². The van der Waals surface area contributed by atoms with Crippen LogP contribution in [-0.4, -0.2) is 35.6 Å². The summed E-state index contributed by atoms with van der Waals surface area (Å²) in [6.07, 6.45) is 6.22. The molecular weight excluding hydrogens is 280 g/mol. The van der Waals surface area contributed by atoms with Gasteiger partial charge in [0, 0.05) is 19.6 Å². The molecule has 2 amide bonds. The zero-order valence-corrected chi connectivity index (χ0v) is 13.6. The molecule has 0 bridgehead atoms. The molecule has 122 valence electrons. The van der Waals surface area contributed by atoms with Crippen LogP contribution >= 0.6 is 0 Å². The summed E-state index contributed by atoms with van der Waals surface area (Å²) < 4.78 is 0. The maximum absolute atomic E-state index is 11.6. The molecule has 1 saturated carbocycles. The average molecular weight is 306 g/mol. The van der Waals surface area contributed by atoms with Crippen LogP contribution in [-0.2, 0) is 0 Å². The van der Waals surface area contributed by atoms with Gasteiger partial charge in [-0.05, 0) is 32.1 Å². The van der Waals surface area contributed by atoms with Crippen molar-refractivity contribution in [3.8, 4) is 0 Å². The third-order valence-electron chi connectivity index (χ3n) is 4.40. The van der Waals surface area contributed by atoms with E-state index in [4.69, 9.17) is 5.73 Å². The number of nitrogens with two attached hydrogens (primary N) is 1. The molecule has 22 heavy (non-hydrogen) atoms. The highest BCUT2D eigenvalue weighted by molar-refractivity contribution is 5.93. The normalized spacial score (nSPS) is 20.7. The van der Waals surface area contributed by atoms with Gasteiger partial charge in [-0.3, -0.25) is 5.32 Å². The number of anilines is 3. The molecule has 0 radical (unpaired) electrons. The molecule has 1 aliphatic carbocycles. The first-order valence-corrected chi connectivity index (χ1v) is 7.94. The predicted octanol–water partition coefficient (Wildman–Crippen LogP) is 2.22. The van der Waals surface area contributed by atoms with Crippen LogP contribution in [0.4, 0.5) is 22.1 Å². The lowest BCUT2D eigenvalue weighted by molar-refractivity contribution is 0.252. The van der Waals surface area contributed by atoms with Crippen molar-refractivity contribution in [1.82, 2.24) is 15.3 Å². The highest BCUT2D eigenvalue weighted by Gasteiger charge is 2.28. The van der Waals surface area contributed by atoms with Crippen molar-refractivity contribution in [3.05, 3.63) is 6.33 Å². The Balaban J connectivity index is 2.12. The fourth-order valence-corrected chi connectivity index (χ4v) is 3.02. The van der Waals surface area contributed by atoms with Gasteiger partial charge in [0.15, 0.2) is 11.6 Å². The molecule has 2 unspecified atom stereocenters. The van der Waals surface area contributed by atoms with Crippen LogP contribution in [0, 0.1) is 5.92 Å². The Kier molecular flexibility index (Phi) is 5.41. The Labute approximate surface area is 131 Å². The Morgan fingerprint density at radius 3 is 2.82 bits per heavy atom. The summed E-state index contributed by atoms with van der Waals surface area (Å²) in [4.78, 5) is 22.1. The van der Waals surface area contributed by atoms with E-state index in [0.29, 0.717) is 29.9 Å². The molecule has 1 heterocycles. The quantitative estimate of drug-likeness (QED) is 0.775. The molecule has 4 N–H and O–H groups in total. The zero-order valence-electron chi connectivity index (χ0n) is 13.6. The first-order valence-electron chi connectivity index (χ1n) is 7.94. The summed E-state index contributed by atoms with van der Waals surface area (Å²) in [5, 5.41) is 5.32. The lowest BCUT2D eigenvalue weighted by atomic mass is 10.1. The minimum atomic E-state index is -0.312. The van der Waals surface area contributed by atoms with Crippen molar-refractivity contribution in [3.63, 3.8) is 0 Å². The molecule has 7 nitrogen and oxygen atoms in total. The topological polar surface area (TPSA) is 96.2 Å². The minimum Gasteiger partial charge on any atom is -0.393 e. The van der Waals surface area contributed by atoms with Gasteiger partial charge in [-0.25, -0.2) is 14.8 Å². The molecule has 1 aromatic rings. The molecule has 1 aromatic heterocycles. The zero-order chi connectivity index (χ0) is 16.1. The van der Waals surface area contributed by atoms with Crippen molar-refractivity contribution >= 4 is 23.4 Å². The first kappa shape index (κ1) is 16.3. The van der Waals surface area contributed by atoms with Crippen LogP contribution in [0.5, 0.6) is 0 Å². The number of hydrogen-bond donors (Lipinski definition) is 3. The summed E-state index contributed by atoms with van der Waals surface area (Å²) in [6.45, 7) is 4.64. The second-order valence-corrected chi connectivity index (χ2v) is 5.80. The monoisotopic (exact) mass is 306 g/mol. The van der Waals surface area contributed by atoms with Gasteiger partial charge in [0.05, 0.1) is 0 Å². The highest BCUT2D eigenvalue weighted by atomic mass is 16.2. The van der Waals surface area contributed by atoms with Gasteiger partial charge in [-0.15, -0.1) is 0 Å². The number of carbonyl (C=O) groups excluding carboxylic acids is 1. The third-order valence-corrected chi connectivity index (χ3v) is 4.40. The summed E-state index contributed by atoms with van der Waals surface area (Å²) in [6, 6.07) is 0.132. The molecule has 0 aromatic carbocycles. The van der Waals surface area contributed by atoms with Crippen LogP contribution in [0.15, 0.2) is 6.33 Å². The Morgan fingerprint density at radius 2 is 2.18 bits per heavy atom. The number of hydrogen-bond acceptors (Lipinski definition) is 5. The Morgan fingerprint density at radius 1 is 1.41 bits per heavy atom. The van der Waals surface area contributed by atoms with Gasteiger partial charge in [-0.2, -0.15) is 0 Å². The number of nitrogen functional groups attached to an aromatic ring is 1. The van der Waals surface area contributed by atoms with Crippen molar-refractivity contribution in [2.45, 2.75) is 45.6 Å². The van der Waals surface area contributed by atoms with Gasteiger partial charge in [-0.1, -0.05) is 13.3 Å². The van der Waals surface area contributed by atoms with Crippen molar-refractivity contribution in [2.24, 2.45) is 5.92 Å². The summed E-state index contributed by atoms with van der Waals surface area (Å²) >= 11 is 0. The van der Waals surface area contributed by atoms with E-state index in [1.807, 2.05) is 14.0 Å². The van der Waals surface area contributed by atoms with E-state index >= 15 is 0 Å². The second kappa shape index (κ2) is 7.29. The van der Waals surface area contributed by atoms with E-state index in [1.165, 1.54) is 19.2 Å². The molecule has 0 spiro atoms.